The average Bonchev–Trinajstić information content (AvgIpc) is 2.25. The van der Waals surface area contributed by atoms with Gasteiger partial charge in [0, 0.05) is 0 Å². The van der Waals surface area contributed by atoms with Gasteiger partial charge in [0.25, 0.3) is 0 Å². The van der Waals surface area contributed by atoms with Crippen LogP contribution >= 0.6 is 0 Å². The van der Waals surface area contributed by atoms with Crippen LogP contribution in [0.2, 0.25) is 0 Å². The van der Waals surface area contributed by atoms with Gasteiger partial charge in [-0.3, -0.25) is 0 Å². The normalized spacial score (nSPS) is 27.8. The lowest BCUT2D eigenvalue weighted by molar-refractivity contribution is -0.00704. The Kier molecular flexibility index (Phi) is 2.31. The minimum atomic E-state index is -0.584. The zero-order chi connectivity index (χ0) is 9.26. The predicted molar refractivity (Wildman–Crippen MR) is 47.2 cm³/mol. The Morgan fingerprint density at radius 2 is 1.31 bits per heavy atom. The van der Waals surface area contributed by atoms with Gasteiger partial charge in [-0.15, -0.1) is 0 Å². The van der Waals surface area contributed by atoms with Gasteiger partial charge in [0.1, 0.15) is 12.2 Å². The van der Waals surface area contributed by atoms with E-state index in [1.165, 1.54) is 0 Å². The lowest BCUT2D eigenvalue weighted by Crippen LogP contribution is -2.09. The molecule has 0 amide bonds. The number of fused-ring (bicyclic) bond motifs is 6. The summed E-state index contributed by atoms with van der Waals surface area (Å²) < 4.78 is 5.14. The van der Waals surface area contributed by atoms with Crippen LogP contribution in [-0.4, -0.2) is 23.4 Å². The van der Waals surface area contributed by atoms with E-state index in [1.807, 2.05) is 24.3 Å². The highest BCUT2D eigenvalue weighted by Gasteiger charge is 2.14. The van der Waals surface area contributed by atoms with E-state index in [2.05, 4.69) is 0 Å². The lowest BCUT2D eigenvalue weighted by Gasteiger charge is -2.09. The third-order valence-electron chi connectivity index (χ3n) is 2.26. The quantitative estimate of drug-likeness (QED) is 0.620. The first-order chi connectivity index (χ1) is 6.27. The van der Waals surface area contributed by atoms with Crippen LogP contribution in [0, 0.1) is 0 Å². The number of hydrogen-bond acceptors (Lipinski definition) is 3. The van der Waals surface area contributed by atoms with Gasteiger partial charge < -0.3 is 14.9 Å². The molecule has 0 fully saturated rings. The second-order valence-corrected chi connectivity index (χ2v) is 3.24. The molecule has 0 saturated heterocycles. The lowest BCUT2D eigenvalue weighted by atomic mass is 10.1. The van der Waals surface area contributed by atoms with Crippen molar-refractivity contribution in [3.63, 3.8) is 0 Å². The highest BCUT2D eigenvalue weighted by atomic mass is 16.5. The maximum Gasteiger partial charge on any atom is 0.102 e. The average molecular weight is 180 g/mol. The molecule has 0 radical (unpaired) electrons. The Labute approximate surface area is 76.6 Å². The highest BCUT2D eigenvalue weighted by Crippen LogP contribution is 2.21. The van der Waals surface area contributed by atoms with Crippen LogP contribution in [0.4, 0.5) is 0 Å². The van der Waals surface area contributed by atoms with Crippen molar-refractivity contribution in [3.05, 3.63) is 35.4 Å². The summed E-state index contributed by atoms with van der Waals surface area (Å²) in [6.07, 6.45) is -1.17. The Morgan fingerprint density at radius 3 is 1.69 bits per heavy atom. The third-order valence-corrected chi connectivity index (χ3v) is 2.26. The van der Waals surface area contributed by atoms with Crippen LogP contribution in [0.15, 0.2) is 24.3 Å². The van der Waals surface area contributed by atoms with Gasteiger partial charge in [0.05, 0.1) is 13.2 Å². The molecule has 3 nitrogen and oxygen atoms in total. The van der Waals surface area contributed by atoms with Gasteiger partial charge >= 0.3 is 0 Å². The van der Waals surface area contributed by atoms with Gasteiger partial charge in [-0.1, -0.05) is 24.3 Å². The summed E-state index contributed by atoms with van der Waals surface area (Å²) in [5.74, 6) is 0. The van der Waals surface area contributed by atoms with E-state index >= 15 is 0 Å². The standard InChI is InChI=1S/C10H12O3/c11-9-5-13-6-10(12)8-2-1-7(9)3-4-8/h1-4,9-12H,5-6H2. The smallest absolute Gasteiger partial charge is 0.102 e. The van der Waals surface area contributed by atoms with Crippen molar-refractivity contribution in [2.75, 3.05) is 13.2 Å². The second kappa shape index (κ2) is 3.46. The SMILES string of the molecule is OC1COCC(O)c2ccc1cc2. The monoisotopic (exact) mass is 180 g/mol. The number of aliphatic hydroxyl groups is 2. The van der Waals surface area contributed by atoms with E-state index in [4.69, 9.17) is 4.74 Å². The largest absolute Gasteiger partial charge is 0.386 e. The van der Waals surface area contributed by atoms with E-state index in [9.17, 15) is 10.2 Å². The molecule has 2 heterocycles. The van der Waals surface area contributed by atoms with E-state index in [-0.39, 0.29) is 13.2 Å². The van der Waals surface area contributed by atoms with Crippen LogP contribution in [0.25, 0.3) is 0 Å². The highest BCUT2D eigenvalue weighted by molar-refractivity contribution is 5.26. The molecule has 1 aromatic rings. The fourth-order valence-electron chi connectivity index (χ4n) is 1.42. The predicted octanol–water partition coefficient (Wildman–Crippen LogP) is 0.784. The van der Waals surface area contributed by atoms with Crippen molar-refractivity contribution in [2.45, 2.75) is 12.2 Å². The van der Waals surface area contributed by atoms with Crippen molar-refractivity contribution < 1.29 is 14.9 Å². The molecule has 2 N–H and O–H groups in total. The Balaban J connectivity index is 2.35. The molecule has 2 aliphatic heterocycles. The molecule has 3 rings (SSSR count). The number of benzene rings is 1. The van der Waals surface area contributed by atoms with Crippen molar-refractivity contribution in [1.29, 1.82) is 0 Å². The molecular formula is C10H12O3. The minimum Gasteiger partial charge on any atom is -0.386 e. The van der Waals surface area contributed by atoms with Gasteiger partial charge in [-0.25, -0.2) is 0 Å². The fourth-order valence-corrected chi connectivity index (χ4v) is 1.42. The topological polar surface area (TPSA) is 49.7 Å². The maximum atomic E-state index is 9.55. The summed E-state index contributed by atoms with van der Waals surface area (Å²) in [6, 6.07) is 7.27. The molecule has 13 heavy (non-hydrogen) atoms. The van der Waals surface area contributed by atoms with Crippen LogP contribution in [-0.2, 0) is 4.74 Å². The Hall–Kier alpha value is -0.900. The molecule has 0 saturated carbocycles. The van der Waals surface area contributed by atoms with Gasteiger partial charge in [-0.05, 0) is 11.1 Å². The van der Waals surface area contributed by atoms with Crippen LogP contribution < -0.4 is 0 Å². The van der Waals surface area contributed by atoms with E-state index in [0.717, 1.165) is 11.1 Å². The molecule has 70 valence electrons. The second-order valence-electron chi connectivity index (χ2n) is 3.24. The number of hydrogen-bond donors (Lipinski definition) is 2. The van der Waals surface area contributed by atoms with Crippen LogP contribution in [0.5, 0.6) is 0 Å². The number of aliphatic hydroxyl groups excluding tert-OH is 2. The third kappa shape index (κ3) is 1.72. The van der Waals surface area contributed by atoms with E-state index < -0.39 is 12.2 Å². The summed E-state index contributed by atoms with van der Waals surface area (Å²) in [5.41, 5.74) is 1.66. The summed E-state index contributed by atoms with van der Waals surface area (Å²) >= 11 is 0. The molecule has 2 unspecified atom stereocenters. The zero-order valence-electron chi connectivity index (χ0n) is 7.18. The van der Waals surface area contributed by atoms with Crippen molar-refractivity contribution in [2.24, 2.45) is 0 Å². The molecule has 0 aliphatic carbocycles. The molecule has 1 aromatic carbocycles. The molecule has 2 atom stereocenters. The summed E-state index contributed by atoms with van der Waals surface area (Å²) in [6.45, 7) is 0.489. The molecule has 2 bridgehead atoms. The first-order valence-electron chi connectivity index (χ1n) is 4.31. The molecule has 3 heteroatoms. The van der Waals surface area contributed by atoms with E-state index in [1.54, 1.807) is 0 Å². The Bertz CT molecular complexity index is 252. The first kappa shape index (κ1) is 8.69. The van der Waals surface area contributed by atoms with Crippen molar-refractivity contribution in [3.8, 4) is 0 Å². The molecule has 0 aromatic heterocycles. The molecular weight excluding hydrogens is 168 g/mol. The molecule has 2 aliphatic rings. The van der Waals surface area contributed by atoms with Gasteiger partial charge in [0.2, 0.25) is 0 Å². The number of ether oxygens (including phenoxy) is 1. The maximum absolute atomic E-state index is 9.55. The van der Waals surface area contributed by atoms with Crippen LogP contribution in [0.3, 0.4) is 0 Å². The Morgan fingerprint density at radius 1 is 0.923 bits per heavy atom. The van der Waals surface area contributed by atoms with Gasteiger partial charge in [0.15, 0.2) is 0 Å². The summed E-state index contributed by atoms with van der Waals surface area (Å²) in [7, 11) is 0. The van der Waals surface area contributed by atoms with Crippen LogP contribution in [0.1, 0.15) is 23.3 Å². The first-order valence-corrected chi connectivity index (χ1v) is 4.31. The van der Waals surface area contributed by atoms with Crippen molar-refractivity contribution in [1.82, 2.24) is 0 Å². The summed E-state index contributed by atoms with van der Waals surface area (Å²) in [5, 5.41) is 19.1. The van der Waals surface area contributed by atoms with E-state index in [0.29, 0.717) is 0 Å². The summed E-state index contributed by atoms with van der Waals surface area (Å²) in [4.78, 5) is 0. The zero-order valence-corrected chi connectivity index (χ0v) is 7.18. The fraction of sp³-hybridized carbons (Fsp3) is 0.400. The number of rotatable bonds is 0. The molecule has 0 spiro atoms. The van der Waals surface area contributed by atoms with Gasteiger partial charge in [-0.2, -0.15) is 0 Å². The minimum absolute atomic E-state index is 0.244. The van der Waals surface area contributed by atoms with Crippen molar-refractivity contribution >= 4 is 0 Å².